The monoisotopic (exact) mass is 271 g/mol. The molecule has 0 fully saturated rings. The number of amides is 1. The second-order valence-corrected chi connectivity index (χ2v) is 5.08. The van der Waals surface area contributed by atoms with Crippen molar-refractivity contribution in [2.75, 3.05) is 13.6 Å². The van der Waals surface area contributed by atoms with E-state index in [1.54, 1.807) is 24.1 Å². The lowest BCUT2D eigenvalue weighted by atomic mass is 10.2. The highest BCUT2D eigenvalue weighted by Crippen LogP contribution is 2.12. The Morgan fingerprint density at radius 3 is 2.47 bits per heavy atom. The lowest BCUT2D eigenvalue weighted by Crippen LogP contribution is -2.31. The number of alkyl halides is 1. The Hall–Kier alpha value is -1.03. The van der Waals surface area contributed by atoms with Crippen LogP contribution in [-0.2, 0) is 0 Å². The molecule has 1 aromatic carbocycles. The second kappa shape index (κ2) is 5.16. The van der Waals surface area contributed by atoms with Gasteiger partial charge in [-0.25, -0.2) is 0 Å². The second-order valence-electron chi connectivity index (χ2n) is 3.51. The van der Waals surface area contributed by atoms with Crippen molar-refractivity contribution in [3.8, 4) is 5.75 Å². The smallest absolute Gasteiger partial charge is 0.253 e. The van der Waals surface area contributed by atoms with Crippen LogP contribution in [0.15, 0.2) is 24.3 Å². The molecule has 1 N–H and O–H groups in total. The molecule has 0 spiro atoms. The molecule has 0 aromatic heterocycles. The number of hydrogen-bond acceptors (Lipinski definition) is 2. The Labute approximate surface area is 97.8 Å². The van der Waals surface area contributed by atoms with Crippen LogP contribution in [0.3, 0.4) is 0 Å². The summed E-state index contributed by atoms with van der Waals surface area (Å²) in [4.78, 5) is 13.7. The maximum absolute atomic E-state index is 11.8. The van der Waals surface area contributed by atoms with Crippen molar-refractivity contribution >= 4 is 21.8 Å². The number of phenolic OH excluding ortho intramolecular Hbond substituents is 1. The number of benzene rings is 1. The number of rotatable bonds is 3. The third kappa shape index (κ3) is 3.55. The lowest BCUT2D eigenvalue weighted by molar-refractivity contribution is 0.0797. The molecule has 0 aliphatic rings. The van der Waals surface area contributed by atoms with Crippen molar-refractivity contribution in [3.63, 3.8) is 0 Å². The highest BCUT2D eigenvalue weighted by atomic mass is 79.9. The van der Waals surface area contributed by atoms with E-state index in [9.17, 15) is 4.79 Å². The molecule has 0 radical (unpaired) electrons. The van der Waals surface area contributed by atoms with Crippen LogP contribution in [0.1, 0.15) is 17.3 Å². The van der Waals surface area contributed by atoms with Gasteiger partial charge in [0.1, 0.15) is 5.75 Å². The minimum Gasteiger partial charge on any atom is -0.508 e. The van der Waals surface area contributed by atoms with Crippen molar-refractivity contribution in [1.82, 2.24) is 4.90 Å². The van der Waals surface area contributed by atoms with Crippen LogP contribution in [0, 0.1) is 0 Å². The van der Waals surface area contributed by atoms with Crippen LogP contribution in [0.4, 0.5) is 0 Å². The van der Waals surface area contributed by atoms with Crippen LogP contribution >= 0.6 is 15.9 Å². The quantitative estimate of drug-likeness (QED) is 0.857. The van der Waals surface area contributed by atoms with Crippen molar-refractivity contribution in [3.05, 3.63) is 29.8 Å². The highest BCUT2D eigenvalue weighted by Gasteiger charge is 2.12. The standard InChI is InChI=1S/C11H14BrNO2/c1-8(12)7-13(2)11(15)9-3-5-10(14)6-4-9/h3-6,8,14H,7H2,1-2H3. The van der Waals surface area contributed by atoms with Gasteiger partial charge in [0.2, 0.25) is 0 Å². The van der Waals surface area contributed by atoms with E-state index < -0.39 is 0 Å². The van der Waals surface area contributed by atoms with E-state index in [1.165, 1.54) is 12.1 Å². The van der Waals surface area contributed by atoms with Crippen molar-refractivity contribution in [1.29, 1.82) is 0 Å². The number of nitrogens with zero attached hydrogens (tertiary/aromatic N) is 1. The minimum absolute atomic E-state index is 0.0405. The fourth-order valence-electron chi connectivity index (χ4n) is 1.28. The number of carbonyl (C=O) groups is 1. The van der Waals surface area contributed by atoms with Crippen LogP contribution in [0.25, 0.3) is 0 Å². The average molecular weight is 272 g/mol. The number of phenols is 1. The van der Waals surface area contributed by atoms with E-state index in [4.69, 9.17) is 5.11 Å². The van der Waals surface area contributed by atoms with E-state index in [1.807, 2.05) is 6.92 Å². The fraction of sp³-hybridized carbons (Fsp3) is 0.364. The Morgan fingerprint density at radius 2 is 2.00 bits per heavy atom. The summed E-state index contributed by atoms with van der Waals surface area (Å²) < 4.78 is 0. The van der Waals surface area contributed by atoms with Crippen molar-refractivity contribution in [2.24, 2.45) is 0 Å². The molecule has 4 heteroatoms. The Balaban J connectivity index is 2.72. The van der Waals surface area contributed by atoms with Gasteiger partial charge < -0.3 is 10.0 Å². The fourth-order valence-corrected chi connectivity index (χ4v) is 1.72. The third-order valence-corrected chi connectivity index (χ3v) is 2.28. The Morgan fingerprint density at radius 1 is 1.47 bits per heavy atom. The molecule has 1 atom stereocenters. The first kappa shape index (κ1) is 12.0. The molecule has 0 saturated carbocycles. The molecule has 0 aliphatic carbocycles. The molecule has 1 rings (SSSR count). The normalized spacial score (nSPS) is 12.2. The number of carbonyl (C=O) groups excluding carboxylic acids is 1. The van der Waals surface area contributed by atoms with Crippen LogP contribution in [0.2, 0.25) is 0 Å². The van der Waals surface area contributed by atoms with Gasteiger partial charge in [-0.05, 0) is 24.3 Å². The van der Waals surface area contributed by atoms with Gasteiger partial charge in [0.05, 0.1) is 0 Å². The number of halogens is 1. The first-order valence-corrected chi connectivity index (χ1v) is 5.61. The summed E-state index contributed by atoms with van der Waals surface area (Å²) in [7, 11) is 1.76. The number of hydrogen-bond donors (Lipinski definition) is 1. The van der Waals surface area contributed by atoms with Gasteiger partial charge in [0.25, 0.3) is 5.91 Å². The van der Waals surface area contributed by atoms with E-state index >= 15 is 0 Å². The topological polar surface area (TPSA) is 40.5 Å². The van der Waals surface area contributed by atoms with Gasteiger partial charge in [-0.2, -0.15) is 0 Å². The van der Waals surface area contributed by atoms with E-state index in [0.29, 0.717) is 12.1 Å². The molecule has 1 amide bonds. The maximum atomic E-state index is 11.8. The largest absolute Gasteiger partial charge is 0.508 e. The number of aromatic hydroxyl groups is 1. The van der Waals surface area contributed by atoms with Gasteiger partial charge >= 0.3 is 0 Å². The van der Waals surface area contributed by atoms with Crippen molar-refractivity contribution < 1.29 is 9.90 Å². The molecule has 15 heavy (non-hydrogen) atoms. The zero-order valence-electron chi connectivity index (χ0n) is 8.77. The molecule has 0 heterocycles. The summed E-state index contributed by atoms with van der Waals surface area (Å²) in [5.41, 5.74) is 0.587. The molecule has 0 saturated heterocycles. The zero-order chi connectivity index (χ0) is 11.4. The molecule has 3 nitrogen and oxygen atoms in total. The van der Waals surface area contributed by atoms with Crippen LogP contribution in [0.5, 0.6) is 5.75 Å². The summed E-state index contributed by atoms with van der Waals surface area (Å²) in [5, 5.41) is 9.09. The SMILES string of the molecule is CC(Br)CN(C)C(=O)c1ccc(O)cc1. The van der Waals surface area contributed by atoms with E-state index in [0.717, 1.165) is 0 Å². The maximum Gasteiger partial charge on any atom is 0.253 e. The predicted octanol–water partition coefficient (Wildman–Crippen LogP) is 2.25. The molecular weight excluding hydrogens is 258 g/mol. The molecular formula is C11H14BrNO2. The first-order valence-electron chi connectivity index (χ1n) is 4.69. The van der Waals surface area contributed by atoms with Gasteiger partial charge in [-0.1, -0.05) is 22.9 Å². The summed E-state index contributed by atoms with van der Waals surface area (Å²) in [6, 6.07) is 6.26. The van der Waals surface area contributed by atoms with Gasteiger partial charge in [0, 0.05) is 24.0 Å². The van der Waals surface area contributed by atoms with E-state index in [2.05, 4.69) is 15.9 Å². The summed E-state index contributed by atoms with van der Waals surface area (Å²) >= 11 is 3.39. The highest BCUT2D eigenvalue weighted by molar-refractivity contribution is 9.09. The zero-order valence-corrected chi connectivity index (χ0v) is 10.4. The van der Waals surface area contributed by atoms with Gasteiger partial charge in [-0.3, -0.25) is 4.79 Å². The third-order valence-electron chi connectivity index (χ3n) is 1.99. The minimum atomic E-state index is -0.0405. The van der Waals surface area contributed by atoms with Gasteiger partial charge in [0.15, 0.2) is 0 Å². The summed E-state index contributed by atoms with van der Waals surface area (Å²) in [5.74, 6) is 0.129. The van der Waals surface area contributed by atoms with Gasteiger partial charge in [-0.15, -0.1) is 0 Å². The summed E-state index contributed by atoms with van der Waals surface area (Å²) in [6.45, 7) is 2.64. The Kier molecular flexibility index (Phi) is 4.15. The predicted molar refractivity (Wildman–Crippen MR) is 63.5 cm³/mol. The van der Waals surface area contributed by atoms with Crippen LogP contribution in [-0.4, -0.2) is 34.3 Å². The molecule has 0 bridgehead atoms. The first-order chi connectivity index (χ1) is 7.00. The lowest BCUT2D eigenvalue weighted by Gasteiger charge is -2.18. The summed E-state index contributed by atoms with van der Waals surface area (Å²) in [6.07, 6.45) is 0. The van der Waals surface area contributed by atoms with E-state index in [-0.39, 0.29) is 16.5 Å². The molecule has 82 valence electrons. The molecule has 1 unspecified atom stereocenters. The van der Waals surface area contributed by atoms with Crippen molar-refractivity contribution in [2.45, 2.75) is 11.8 Å². The molecule has 1 aromatic rings. The van der Waals surface area contributed by atoms with Crippen LogP contribution < -0.4 is 0 Å². The average Bonchev–Trinajstić information content (AvgIpc) is 2.17. The Bertz CT molecular complexity index is 335. The molecule has 0 aliphatic heterocycles.